The van der Waals surface area contributed by atoms with Crippen LogP contribution in [0.2, 0.25) is 0 Å². The highest BCUT2D eigenvalue weighted by atomic mass is 16.5. The molecule has 2 rings (SSSR count). The van der Waals surface area contributed by atoms with Gasteiger partial charge in [-0.3, -0.25) is 0 Å². The Bertz CT molecular complexity index is 394. The van der Waals surface area contributed by atoms with Crippen LogP contribution in [0.5, 0.6) is 0 Å². The summed E-state index contributed by atoms with van der Waals surface area (Å²) in [6.07, 6.45) is 2.44. The maximum atomic E-state index is 10.6. The van der Waals surface area contributed by atoms with Gasteiger partial charge in [0.2, 0.25) is 0 Å². The molecule has 0 aromatic heterocycles. The summed E-state index contributed by atoms with van der Waals surface area (Å²) < 4.78 is 5.84. The van der Waals surface area contributed by atoms with E-state index in [1.54, 1.807) is 0 Å². The molecule has 1 aromatic carbocycles. The van der Waals surface area contributed by atoms with Crippen molar-refractivity contribution in [2.45, 2.75) is 51.4 Å². The number of nitrogens with two attached hydrogens (primary N) is 1. The number of ether oxygens (including phenoxy) is 1. The second-order valence-electron chi connectivity index (χ2n) is 5.98. The molecule has 1 saturated carbocycles. The van der Waals surface area contributed by atoms with Crippen molar-refractivity contribution in [1.29, 1.82) is 0 Å². The molecule has 3 nitrogen and oxygen atoms in total. The van der Waals surface area contributed by atoms with Gasteiger partial charge < -0.3 is 15.6 Å². The predicted octanol–water partition coefficient (Wildman–Crippen LogP) is 2.47. The van der Waals surface area contributed by atoms with Crippen molar-refractivity contribution in [2.75, 3.05) is 6.54 Å². The SMILES string of the molecule is CCC(C)(CN)C1(O)CC(OCc2ccccc2)C1. The summed E-state index contributed by atoms with van der Waals surface area (Å²) >= 11 is 0. The molecule has 1 aliphatic rings. The van der Waals surface area contributed by atoms with E-state index in [4.69, 9.17) is 10.5 Å². The molecule has 1 atom stereocenters. The summed E-state index contributed by atoms with van der Waals surface area (Å²) in [5.41, 5.74) is 6.15. The van der Waals surface area contributed by atoms with E-state index in [-0.39, 0.29) is 11.5 Å². The van der Waals surface area contributed by atoms with E-state index in [0.29, 0.717) is 26.0 Å². The van der Waals surface area contributed by atoms with E-state index >= 15 is 0 Å². The van der Waals surface area contributed by atoms with Crippen LogP contribution in [0, 0.1) is 5.41 Å². The van der Waals surface area contributed by atoms with Crippen LogP contribution in [0.15, 0.2) is 30.3 Å². The molecule has 0 amide bonds. The van der Waals surface area contributed by atoms with Gasteiger partial charge in [0.05, 0.1) is 18.3 Å². The molecule has 0 aliphatic heterocycles. The molecule has 0 heterocycles. The molecular weight excluding hydrogens is 238 g/mol. The fourth-order valence-corrected chi connectivity index (χ4v) is 2.76. The van der Waals surface area contributed by atoms with Crippen LogP contribution >= 0.6 is 0 Å². The summed E-state index contributed by atoms with van der Waals surface area (Å²) in [6.45, 7) is 5.29. The van der Waals surface area contributed by atoms with Crippen LogP contribution in [0.3, 0.4) is 0 Å². The van der Waals surface area contributed by atoms with Crippen molar-refractivity contribution >= 4 is 0 Å². The third-order valence-electron chi connectivity index (χ3n) is 4.81. The van der Waals surface area contributed by atoms with Crippen molar-refractivity contribution in [3.8, 4) is 0 Å². The third kappa shape index (κ3) is 2.83. The van der Waals surface area contributed by atoms with Gasteiger partial charge in [0, 0.05) is 24.8 Å². The summed E-state index contributed by atoms with van der Waals surface area (Å²) in [6, 6.07) is 10.1. The number of hydrogen-bond donors (Lipinski definition) is 2. The van der Waals surface area contributed by atoms with E-state index in [1.165, 1.54) is 5.56 Å². The standard InChI is InChI=1S/C16H25NO2/c1-3-15(2,12-17)16(18)9-14(10-16)19-11-13-7-5-4-6-8-13/h4-8,14,18H,3,9-12,17H2,1-2H3. The van der Waals surface area contributed by atoms with Crippen LogP contribution in [0.4, 0.5) is 0 Å². The maximum absolute atomic E-state index is 10.6. The fourth-order valence-electron chi connectivity index (χ4n) is 2.76. The van der Waals surface area contributed by atoms with Crippen molar-refractivity contribution in [3.05, 3.63) is 35.9 Å². The highest BCUT2D eigenvalue weighted by Gasteiger charge is 2.54. The first-order chi connectivity index (χ1) is 9.03. The highest BCUT2D eigenvalue weighted by molar-refractivity contribution is 5.14. The van der Waals surface area contributed by atoms with Gasteiger partial charge in [-0.15, -0.1) is 0 Å². The molecule has 3 heteroatoms. The smallest absolute Gasteiger partial charge is 0.0762 e. The van der Waals surface area contributed by atoms with Crippen LogP contribution in [0.1, 0.15) is 38.7 Å². The van der Waals surface area contributed by atoms with Crippen molar-refractivity contribution in [1.82, 2.24) is 0 Å². The molecule has 1 aliphatic carbocycles. The van der Waals surface area contributed by atoms with E-state index in [1.807, 2.05) is 18.2 Å². The van der Waals surface area contributed by atoms with E-state index in [2.05, 4.69) is 26.0 Å². The minimum absolute atomic E-state index is 0.155. The lowest BCUT2D eigenvalue weighted by Gasteiger charge is -2.53. The lowest BCUT2D eigenvalue weighted by Crippen LogP contribution is -2.60. The van der Waals surface area contributed by atoms with Gasteiger partial charge >= 0.3 is 0 Å². The molecule has 1 unspecified atom stereocenters. The number of hydrogen-bond acceptors (Lipinski definition) is 3. The van der Waals surface area contributed by atoms with Gasteiger partial charge in [-0.1, -0.05) is 44.2 Å². The van der Waals surface area contributed by atoms with Crippen LogP contribution in [-0.2, 0) is 11.3 Å². The summed E-state index contributed by atoms with van der Waals surface area (Å²) in [4.78, 5) is 0. The summed E-state index contributed by atoms with van der Waals surface area (Å²) in [5, 5.41) is 10.6. The first-order valence-corrected chi connectivity index (χ1v) is 7.11. The van der Waals surface area contributed by atoms with Crippen molar-refractivity contribution in [3.63, 3.8) is 0 Å². The third-order valence-corrected chi connectivity index (χ3v) is 4.81. The fraction of sp³-hybridized carbons (Fsp3) is 0.625. The van der Waals surface area contributed by atoms with Crippen molar-refractivity contribution in [2.24, 2.45) is 11.1 Å². The molecule has 1 aromatic rings. The van der Waals surface area contributed by atoms with E-state index < -0.39 is 5.60 Å². The molecule has 0 saturated heterocycles. The van der Waals surface area contributed by atoms with Crippen molar-refractivity contribution < 1.29 is 9.84 Å². The molecule has 19 heavy (non-hydrogen) atoms. The zero-order valence-electron chi connectivity index (χ0n) is 11.9. The Morgan fingerprint density at radius 2 is 2.00 bits per heavy atom. The predicted molar refractivity (Wildman–Crippen MR) is 76.7 cm³/mol. The Hall–Kier alpha value is -0.900. The minimum atomic E-state index is -0.655. The zero-order chi connectivity index (χ0) is 13.9. The molecule has 0 spiro atoms. The zero-order valence-corrected chi connectivity index (χ0v) is 11.9. The van der Waals surface area contributed by atoms with Crippen LogP contribution in [0.25, 0.3) is 0 Å². The Balaban J connectivity index is 1.83. The largest absolute Gasteiger partial charge is 0.389 e. The molecule has 0 bridgehead atoms. The Labute approximate surface area is 115 Å². The molecule has 106 valence electrons. The number of benzene rings is 1. The van der Waals surface area contributed by atoms with E-state index in [0.717, 1.165) is 6.42 Å². The van der Waals surface area contributed by atoms with Gasteiger partial charge in [-0.05, 0) is 12.0 Å². The second-order valence-corrected chi connectivity index (χ2v) is 5.98. The minimum Gasteiger partial charge on any atom is -0.389 e. The molecular formula is C16H25NO2. The first-order valence-electron chi connectivity index (χ1n) is 7.11. The lowest BCUT2D eigenvalue weighted by atomic mass is 9.59. The van der Waals surface area contributed by atoms with Gasteiger partial charge in [0.15, 0.2) is 0 Å². The lowest BCUT2D eigenvalue weighted by molar-refractivity contribution is -0.200. The second kappa shape index (κ2) is 5.61. The van der Waals surface area contributed by atoms with Gasteiger partial charge in [-0.2, -0.15) is 0 Å². The van der Waals surface area contributed by atoms with E-state index in [9.17, 15) is 5.11 Å². The van der Waals surface area contributed by atoms with Gasteiger partial charge in [0.25, 0.3) is 0 Å². The number of rotatable bonds is 6. The Morgan fingerprint density at radius 3 is 2.53 bits per heavy atom. The Morgan fingerprint density at radius 1 is 1.37 bits per heavy atom. The summed E-state index contributed by atoms with van der Waals surface area (Å²) in [5.74, 6) is 0. The molecule has 0 radical (unpaired) electrons. The normalized spacial score (nSPS) is 29.6. The maximum Gasteiger partial charge on any atom is 0.0762 e. The van der Waals surface area contributed by atoms with Gasteiger partial charge in [0.1, 0.15) is 0 Å². The molecule has 1 fully saturated rings. The van der Waals surface area contributed by atoms with Crippen LogP contribution < -0.4 is 5.73 Å². The average Bonchev–Trinajstić information content (AvgIpc) is 2.42. The summed E-state index contributed by atoms with van der Waals surface area (Å²) in [7, 11) is 0. The first kappa shape index (κ1) is 14.5. The topological polar surface area (TPSA) is 55.5 Å². The average molecular weight is 263 g/mol. The van der Waals surface area contributed by atoms with Crippen LogP contribution in [-0.4, -0.2) is 23.4 Å². The quantitative estimate of drug-likeness (QED) is 0.829. The van der Waals surface area contributed by atoms with Gasteiger partial charge in [-0.25, -0.2) is 0 Å². The Kier molecular flexibility index (Phi) is 4.29. The number of aliphatic hydroxyl groups is 1. The monoisotopic (exact) mass is 263 g/mol. The highest BCUT2D eigenvalue weighted by Crippen LogP contribution is 2.48. The molecule has 3 N–H and O–H groups in total.